The van der Waals surface area contributed by atoms with Crippen molar-refractivity contribution < 1.29 is 21.6 Å². The second-order valence-corrected chi connectivity index (χ2v) is 7.56. The molecule has 0 aliphatic carbocycles. The summed E-state index contributed by atoms with van der Waals surface area (Å²) in [6.07, 6.45) is -4.46. The van der Waals surface area contributed by atoms with Crippen LogP contribution in [-0.4, -0.2) is 30.2 Å². The Morgan fingerprint density at radius 2 is 1.96 bits per heavy atom. The number of benzene rings is 1. The number of aromatic nitrogens is 3. The Balaban J connectivity index is 2.76. The highest BCUT2D eigenvalue weighted by Gasteiger charge is 2.37. The highest BCUT2D eigenvalue weighted by molar-refractivity contribution is 8.13. The molecule has 0 bridgehead atoms. The van der Waals surface area contributed by atoms with E-state index in [1.165, 1.54) is 13.1 Å². The molecule has 0 radical (unpaired) electrons. The van der Waals surface area contributed by atoms with E-state index in [1.807, 2.05) is 0 Å². The van der Waals surface area contributed by atoms with Gasteiger partial charge in [-0.05, 0) is 24.1 Å². The first kappa shape index (κ1) is 18.8. The van der Waals surface area contributed by atoms with Crippen LogP contribution >= 0.6 is 22.3 Å². The molecule has 0 aliphatic rings. The van der Waals surface area contributed by atoms with Crippen LogP contribution in [0.1, 0.15) is 18.3 Å². The first-order valence-corrected chi connectivity index (χ1v) is 9.17. The van der Waals surface area contributed by atoms with E-state index in [2.05, 4.69) is 15.4 Å². The van der Waals surface area contributed by atoms with E-state index in [-0.39, 0.29) is 21.6 Å². The maximum Gasteiger partial charge on any atom is 0.453 e. The highest BCUT2D eigenvalue weighted by atomic mass is 35.7. The van der Waals surface area contributed by atoms with E-state index < -0.39 is 21.1 Å². The molecule has 24 heavy (non-hydrogen) atoms. The number of rotatable bonds is 4. The van der Waals surface area contributed by atoms with E-state index in [0.717, 1.165) is 10.7 Å². The number of halogens is 5. The molecule has 0 saturated heterocycles. The van der Waals surface area contributed by atoms with Crippen LogP contribution in [0, 0.1) is 0 Å². The molecule has 0 spiro atoms. The van der Waals surface area contributed by atoms with Crippen molar-refractivity contribution >= 4 is 37.3 Å². The van der Waals surface area contributed by atoms with Crippen molar-refractivity contribution in [2.24, 2.45) is 0 Å². The number of anilines is 1. The molecule has 0 saturated carbocycles. The lowest BCUT2D eigenvalue weighted by Crippen LogP contribution is -2.09. The number of nitrogens with zero attached hydrogens (tertiary/aromatic N) is 3. The van der Waals surface area contributed by atoms with Gasteiger partial charge >= 0.3 is 6.18 Å². The average Bonchev–Trinajstić information content (AvgIpc) is 2.89. The van der Waals surface area contributed by atoms with Gasteiger partial charge in [0.15, 0.2) is 0 Å². The third-order valence-corrected chi connectivity index (χ3v) is 4.79. The molecular formula is C12H11Cl2F3N4O2S. The maximum atomic E-state index is 12.8. The van der Waals surface area contributed by atoms with Gasteiger partial charge in [-0.1, -0.05) is 18.5 Å². The average molecular weight is 403 g/mol. The summed E-state index contributed by atoms with van der Waals surface area (Å²) in [5.41, 5.74) is 0.237. The molecule has 1 aromatic carbocycles. The van der Waals surface area contributed by atoms with Crippen molar-refractivity contribution in [3.63, 3.8) is 0 Å². The first-order valence-electron chi connectivity index (χ1n) is 6.48. The van der Waals surface area contributed by atoms with Crippen LogP contribution in [0.5, 0.6) is 0 Å². The second kappa shape index (κ2) is 6.41. The van der Waals surface area contributed by atoms with Crippen molar-refractivity contribution in [1.82, 2.24) is 14.8 Å². The monoisotopic (exact) mass is 402 g/mol. The minimum atomic E-state index is -4.77. The minimum absolute atomic E-state index is 0.00559. The number of hydrogen-bond donors (Lipinski definition) is 1. The van der Waals surface area contributed by atoms with Gasteiger partial charge in [0, 0.05) is 17.7 Å². The van der Waals surface area contributed by atoms with Gasteiger partial charge < -0.3 is 5.32 Å². The van der Waals surface area contributed by atoms with E-state index in [0.29, 0.717) is 12.0 Å². The van der Waals surface area contributed by atoms with Crippen LogP contribution in [0.15, 0.2) is 17.0 Å². The Morgan fingerprint density at radius 1 is 1.33 bits per heavy atom. The van der Waals surface area contributed by atoms with Crippen LogP contribution in [0.2, 0.25) is 5.02 Å². The smallest absolute Gasteiger partial charge is 0.357 e. The van der Waals surface area contributed by atoms with Crippen LogP contribution in [0.25, 0.3) is 5.69 Å². The fourth-order valence-corrected chi connectivity index (χ4v) is 3.48. The SMILES string of the molecule is CCc1cc(Cl)c(-n2nc(C(F)(F)F)nc2NC)cc1S(=O)(=O)Cl. The number of alkyl halides is 3. The van der Waals surface area contributed by atoms with Crippen LogP contribution in [0.4, 0.5) is 19.1 Å². The van der Waals surface area contributed by atoms with Crippen LogP contribution < -0.4 is 5.32 Å². The zero-order valence-corrected chi connectivity index (χ0v) is 14.6. The van der Waals surface area contributed by atoms with Crippen molar-refractivity contribution in [1.29, 1.82) is 0 Å². The van der Waals surface area contributed by atoms with Gasteiger partial charge in [0.05, 0.1) is 15.6 Å². The summed E-state index contributed by atoms with van der Waals surface area (Å²) < 4.78 is 62.6. The van der Waals surface area contributed by atoms with Crippen LogP contribution in [-0.2, 0) is 21.6 Å². The number of nitrogens with one attached hydrogen (secondary N) is 1. The molecule has 0 fully saturated rings. The van der Waals surface area contributed by atoms with Gasteiger partial charge in [0.1, 0.15) is 0 Å². The Kier molecular flexibility index (Phi) is 5.03. The summed E-state index contributed by atoms with van der Waals surface area (Å²) in [6.45, 7) is 1.69. The minimum Gasteiger partial charge on any atom is -0.357 e. The second-order valence-electron chi connectivity index (χ2n) is 4.62. The third kappa shape index (κ3) is 3.60. The summed E-state index contributed by atoms with van der Waals surface area (Å²) >= 11 is 6.08. The van der Waals surface area contributed by atoms with Crippen molar-refractivity contribution in [3.05, 3.63) is 28.5 Å². The summed E-state index contributed by atoms with van der Waals surface area (Å²) in [5, 5.41) is 5.81. The first-order chi connectivity index (χ1) is 11.0. The molecule has 0 atom stereocenters. The van der Waals surface area contributed by atoms with Crippen molar-refractivity contribution in [2.75, 3.05) is 12.4 Å². The summed E-state index contributed by atoms with van der Waals surface area (Å²) in [5.74, 6) is -1.65. The number of hydrogen-bond acceptors (Lipinski definition) is 5. The maximum absolute atomic E-state index is 12.8. The zero-order chi connectivity index (χ0) is 18.3. The van der Waals surface area contributed by atoms with E-state index in [1.54, 1.807) is 6.92 Å². The normalized spacial score (nSPS) is 12.5. The van der Waals surface area contributed by atoms with Crippen molar-refractivity contribution in [2.45, 2.75) is 24.4 Å². The van der Waals surface area contributed by atoms with Crippen molar-refractivity contribution in [3.8, 4) is 5.69 Å². The fourth-order valence-electron chi connectivity index (χ4n) is 2.01. The van der Waals surface area contributed by atoms with Crippen LogP contribution in [0.3, 0.4) is 0 Å². The molecule has 0 unspecified atom stereocenters. The van der Waals surface area contributed by atoms with Gasteiger partial charge in [-0.2, -0.15) is 22.8 Å². The molecule has 12 heteroatoms. The third-order valence-electron chi connectivity index (χ3n) is 3.09. The Morgan fingerprint density at radius 3 is 2.42 bits per heavy atom. The molecule has 2 rings (SSSR count). The Bertz CT molecular complexity index is 881. The molecule has 0 aliphatic heterocycles. The predicted octanol–water partition coefficient (Wildman–Crippen LogP) is 3.47. The van der Waals surface area contributed by atoms with Gasteiger partial charge in [-0.25, -0.2) is 8.42 Å². The molecule has 0 amide bonds. The van der Waals surface area contributed by atoms with E-state index in [9.17, 15) is 21.6 Å². The lowest BCUT2D eigenvalue weighted by atomic mass is 10.1. The quantitative estimate of drug-likeness (QED) is 0.792. The largest absolute Gasteiger partial charge is 0.453 e. The van der Waals surface area contributed by atoms with E-state index >= 15 is 0 Å². The fraction of sp³-hybridized carbons (Fsp3) is 0.333. The summed E-state index contributed by atoms with van der Waals surface area (Å²) in [4.78, 5) is 3.07. The molecule has 6 nitrogen and oxygen atoms in total. The van der Waals surface area contributed by atoms with Gasteiger partial charge in [-0.15, -0.1) is 5.10 Å². The number of aryl methyl sites for hydroxylation is 1. The van der Waals surface area contributed by atoms with E-state index in [4.69, 9.17) is 22.3 Å². The molecule has 2 aromatic rings. The summed E-state index contributed by atoms with van der Waals surface area (Å²) in [7, 11) is 2.61. The lowest BCUT2D eigenvalue weighted by Gasteiger charge is -2.12. The van der Waals surface area contributed by atoms with Gasteiger partial charge in [0.25, 0.3) is 14.9 Å². The molecule has 1 heterocycles. The molecule has 1 N–H and O–H groups in total. The molecule has 1 aromatic heterocycles. The Labute approximate surface area is 145 Å². The topological polar surface area (TPSA) is 76.9 Å². The molecule has 132 valence electrons. The summed E-state index contributed by atoms with van der Waals surface area (Å²) in [6, 6.07) is 2.39. The highest BCUT2D eigenvalue weighted by Crippen LogP contribution is 2.33. The van der Waals surface area contributed by atoms with Gasteiger partial charge in [0.2, 0.25) is 5.95 Å². The lowest BCUT2D eigenvalue weighted by molar-refractivity contribution is -0.144. The zero-order valence-electron chi connectivity index (χ0n) is 12.3. The van der Waals surface area contributed by atoms with Gasteiger partial charge in [-0.3, -0.25) is 0 Å². The Hall–Kier alpha value is -1.52. The molecular weight excluding hydrogens is 392 g/mol. The predicted molar refractivity (Wildman–Crippen MR) is 83.3 cm³/mol. The standard InChI is InChI=1S/C12H11Cl2F3N4O2S/c1-3-6-4-7(13)8(5-9(6)24(14,22)23)21-11(18-2)19-10(20-21)12(15,16)17/h4-5H,3H2,1-2H3,(H,18,19,20).